The first-order valence-corrected chi connectivity index (χ1v) is 6.13. The number of nitrogens with one attached hydrogen (secondary N) is 1. The van der Waals surface area contributed by atoms with Crippen molar-refractivity contribution in [3.63, 3.8) is 0 Å². The topological polar surface area (TPSA) is 55.1 Å². The lowest BCUT2D eigenvalue weighted by Crippen LogP contribution is -2.48. The van der Waals surface area contributed by atoms with Gasteiger partial charge in [0, 0.05) is 5.54 Å². The third-order valence-electron chi connectivity index (χ3n) is 3.48. The number of hydrogen-bond donors (Lipinski definition) is 2. The minimum atomic E-state index is -0.575. The minimum absolute atomic E-state index is 0.0897. The van der Waals surface area contributed by atoms with Gasteiger partial charge in [0.25, 0.3) is 0 Å². The second kappa shape index (κ2) is 4.49. The zero-order valence-electron chi connectivity index (χ0n) is 10.4. The second-order valence-electron chi connectivity index (χ2n) is 5.37. The van der Waals surface area contributed by atoms with E-state index in [1.807, 2.05) is 30.3 Å². The van der Waals surface area contributed by atoms with Gasteiger partial charge in [-0.2, -0.15) is 0 Å². The van der Waals surface area contributed by atoms with Crippen molar-refractivity contribution in [1.82, 2.24) is 5.32 Å². The van der Waals surface area contributed by atoms with E-state index in [-0.39, 0.29) is 11.4 Å². The lowest BCUT2D eigenvalue weighted by molar-refractivity contribution is -0.124. The Balaban J connectivity index is 2.00. The van der Waals surface area contributed by atoms with Crippen molar-refractivity contribution >= 4 is 5.91 Å². The van der Waals surface area contributed by atoms with E-state index in [4.69, 9.17) is 5.73 Å². The Labute approximate surface area is 102 Å². The maximum absolute atomic E-state index is 12.1. The number of carbonyl (C=O) groups excluding carboxylic acids is 1. The van der Waals surface area contributed by atoms with Gasteiger partial charge in [0.05, 0.1) is 0 Å². The molecule has 1 aliphatic rings. The fourth-order valence-electron chi connectivity index (χ4n) is 2.11. The van der Waals surface area contributed by atoms with Crippen molar-refractivity contribution < 1.29 is 4.79 Å². The molecule has 0 heterocycles. The van der Waals surface area contributed by atoms with E-state index in [0.29, 0.717) is 5.92 Å². The zero-order valence-corrected chi connectivity index (χ0v) is 10.4. The van der Waals surface area contributed by atoms with Crippen LogP contribution in [0.25, 0.3) is 0 Å². The van der Waals surface area contributed by atoms with Crippen molar-refractivity contribution in [2.45, 2.75) is 38.3 Å². The van der Waals surface area contributed by atoms with Crippen molar-refractivity contribution in [2.75, 3.05) is 0 Å². The summed E-state index contributed by atoms with van der Waals surface area (Å²) in [5.41, 5.74) is 6.68. The molecule has 1 atom stereocenters. The van der Waals surface area contributed by atoms with Crippen molar-refractivity contribution in [1.29, 1.82) is 0 Å². The van der Waals surface area contributed by atoms with Gasteiger partial charge in [0.2, 0.25) is 5.91 Å². The fourth-order valence-corrected chi connectivity index (χ4v) is 2.11. The van der Waals surface area contributed by atoms with Gasteiger partial charge in [-0.3, -0.25) is 4.79 Å². The molecule has 0 aromatic heterocycles. The molecule has 3 heteroatoms. The molecule has 1 aliphatic carbocycles. The molecule has 17 heavy (non-hydrogen) atoms. The average molecular weight is 232 g/mol. The Morgan fingerprint density at radius 3 is 2.47 bits per heavy atom. The fraction of sp³-hybridized carbons (Fsp3) is 0.500. The Kier molecular flexibility index (Phi) is 3.20. The van der Waals surface area contributed by atoms with Crippen LogP contribution >= 0.6 is 0 Å². The van der Waals surface area contributed by atoms with E-state index in [1.54, 1.807) is 0 Å². The Bertz CT molecular complexity index is 396. The molecule has 0 spiro atoms. The molecule has 92 valence electrons. The summed E-state index contributed by atoms with van der Waals surface area (Å²) in [6, 6.07) is 8.91. The van der Waals surface area contributed by atoms with Gasteiger partial charge in [0.15, 0.2) is 0 Å². The van der Waals surface area contributed by atoms with Gasteiger partial charge < -0.3 is 11.1 Å². The molecule has 3 nitrogen and oxygen atoms in total. The van der Waals surface area contributed by atoms with Crippen LogP contribution in [0.15, 0.2) is 30.3 Å². The molecule has 2 rings (SSSR count). The van der Waals surface area contributed by atoms with Crippen LogP contribution in [0.3, 0.4) is 0 Å². The molecule has 0 saturated heterocycles. The van der Waals surface area contributed by atoms with Crippen LogP contribution in [0.1, 0.15) is 38.3 Å². The molecule has 1 aromatic rings. The number of nitrogens with two attached hydrogens (primary N) is 1. The molecule has 0 bridgehead atoms. The molecular weight excluding hydrogens is 212 g/mol. The first-order valence-electron chi connectivity index (χ1n) is 6.13. The van der Waals surface area contributed by atoms with Gasteiger partial charge >= 0.3 is 0 Å². The molecule has 0 radical (unpaired) electrons. The quantitative estimate of drug-likeness (QED) is 0.834. The SMILES string of the molecule is CC(C)(NC(=O)[C@@H](N)c1ccccc1)C1CC1. The van der Waals surface area contributed by atoms with Crippen LogP contribution in [-0.2, 0) is 4.79 Å². The number of amides is 1. The maximum atomic E-state index is 12.1. The van der Waals surface area contributed by atoms with Crippen LogP contribution in [0.5, 0.6) is 0 Å². The number of hydrogen-bond acceptors (Lipinski definition) is 2. The normalized spacial score (nSPS) is 17.6. The lowest BCUT2D eigenvalue weighted by atomic mass is 9.97. The Morgan fingerprint density at radius 1 is 1.35 bits per heavy atom. The predicted octanol–water partition coefficient (Wildman–Crippen LogP) is 1.99. The van der Waals surface area contributed by atoms with Gasteiger partial charge in [0.1, 0.15) is 6.04 Å². The van der Waals surface area contributed by atoms with E-state index in [9.17, 15) is 4.79 Å². The van der Waals surface area contributed by atoms with Gasteiger partial charge in [-0.15, -0.1) is 0 Å². The lowest BCUT2D eigenvalue weighted by Gasteiger charge is -2.28. The number of benzene rings is 1. The van der Waals surface area contributed by atoms with Gasteiger partial charge in [-0.1, -0.05) is 30.3 Å². The summed E-state index contributed by atoms with van der Waals surface area (Å²) in [6.45, 7) is 4.14. The van der Waals surface area contributed by atoms with Crippen LogP contribution in [0.4, 0.5) is 0 Å². The molecule has 1 aromatic carbocycles. The third kappa shape index (κ3) is 2.86. The van der Waals surface area contributed by atoms with Gasteiger partial charge in [-0.05, 0) is 38.2 Å². The minimum Gasteiger partial charge on any atom is -0.349 e. The molecule has 1 amide bonds. The maximum Gasteiger partial charge on any atom is 0.241 e. The second-order valence-corrected chi connectivity index (χ2v) is 5.37. The smallest absolute Gasteiger partial charge is 0.241 e. The van der Waals surface area contributed by atoms with Crippen LogP contribution in [0.2, 0.25) is 0 Å². The Morgan fingerprint density at radius 2 is 1.94 bits per heavy atom. The highest BCUT2D eigenvalue weighted by Gasteiger charge is 2.39. The van der Waals surface area contributed by atoms with Crippen molar-refractivity contribution in [3.05, 3.63) is 35.9 Å². The largest absolute Gasteiger partial charge is 0.349 e. The van der Waals surface area contributed by atoms with E-state index in [2.05, 4.69) is 19.2 Å². The summed E-state index contributed by atoms with van der Waals surface area (Å²) >= 11 is 0. The third-order valence-corrected chi connectivity index (χ3v) is 3.48. The molecule has 0 aliphatic heterocycles. The van der Waals surface area contributed by atoms with E-state index in [1.165, 1.54) is 12.8 Å². The monoisotopic (exact) mass is 232 g/mol. The summed E-state index contributed by atoms with van der Waals surface area (Å²) in [6.07, 6.45) is 2.40. The highest BCUT2D eigenvalue weighted by molar-refractivity contribution is 5.83. The summed E-state index contributed by atoms with van der Waals surface area (Å²) in [5, 5.41) is 3.05. The summed E-state index contributed by atoms with van der Waals surface area (Å²) < 4.78 is 0. The first kappa shape index (κ1) is 12.1. The molecule has 1 fully saturated rings. The molecule has 0 unspecified atom stereocenters. The van der Waals surface area contributed by atoms with E-state index >= 15 is 0 Å². The highest BCUT2D eigenvalue weighted by Crippen LogP contribution is 2.39. The summed E-state index contributed by atoms with van der Waals surface area (Å²) in [4.78, 5) is 12.1. The average Bonchev–Trinajstić information content (AvgIpc) is 3.12. The standard InChI is InChI=1S/C14H20N2O/c1-14(2,11-8-9-11)16-13(17)12(15)10-6-4-3-5-7-10/h3-7,11-12H,8-9,15H2,1-2H3,(H,16,17)/t12-/m0/s1. The molecular formula is C14H20N2O. The van der Waals surface area contributed by atoms with Gasteiger partial charge in [-0.25, -0.2) is 0 Å². The first-order chi connectivity index (χ1) is 8.00. The van der Waals surface area contributed by atoms with Crippen molar-refractivity contribution in [3.8, 4) is 0 Å². The van der Waals surface area contributed by atoms with E-state index in [0.717, 1.165) is 5.56 Å². The molecule has 1 saturated carbocycles. The van der Waals surface area contributed by atoms with E-state index < -0.39 is 6.04 Å². The Hall–Kier alpha value is -1.35. The predicted molar refractivity (Wildman–Crippen MR) is 68.3 cm³/mol. The zero-order chi connectivity index (χ0) is 12.5. The number of carbonyl (C=O) groups is 1. The van der Waals surface area contributed by atoms with Crippen molar-refractivity contribution in [2.24, 2.45) is 11.7 Å². The number of rotatable bonds is 4. The summed E-state index contributed by atoms with van der Waals surface area (Å²) in [5.74, 6) is 0.516. The van der Waals surface area contributed by atoms with Crippen LogP contribution in [-0.4, -0.2) is 11.4 Å². The van der Waals surface area contributed by atoms with Crippen LogP contribution < -0.4 is 11.1 Å². The highest BCUT2D eigenvalue weighted by atomic mass is 16.2. The summed E-state index contributed by atoms with van der Waals surface area (Å²) in [7, 11) is 0. The van der Waals surface area contributed by atoms with Crippen LogP contribution in [0, 0.1) is 5.92 Å². The molecule has 3 N–H and O–H groups in total.